The summed E-state index contributed by atoms with van der Waals surface area (Å²) < 4.78 is 41.4. The molecule has 0 radical (unpaired) electrons. The fourth-order valence-corrected chi connectivity index (χ4v) is 5.85. The van der Waals surface area contributed by atoms with Gasteiger partial charge in [-0.25, -0.2) is 0 Å². The van der Waals surface area contributed by atoms with Crippen LogP contribution >= 0.6 is 11.6 Å². The third kappa shape index (κ3) is 7.92. The summed E-state index contributed by atoms with van der Waals surface area (Å²) in [7, 11) is 0. The number of hydrogen-bond acceptors (Lipinski definition) is 3. The van der Waals surface area contributed by atoms with Gasteiger partial charge >= 0.3 is 12.1 Å². The highest BCUT2D eigenvalue weighted by Crippen LogP contribution is 2.34. The minimum atomic E-state index is -4.43. The number of ketones is 1. The number of nitrogens with one attached hydrogen (secondary N) is 1. The number of carbonyl (C=O) groups is 3. The van der Waals surface area contributed by atoms with Crippen LogP contribution in [0.4, 0.5) is 13.2 Å². The van der Waals surface area contributed by atoms with Crippen molar-refractivity contribution < 1.29 is 32.7 Å². The van der Waals surface area contributed by atoms with Crippen molar-refractivity contribution in [3.05, 3.63) is 124 Å². The lowest BCUT2D eigenvalue weighted by Crippen LogP contribution is -2.26. The van der Waals surface area contributed by atoms with Crippen LogP contribution in [0.1, 0.15) is 58.2 Å². The Bertz CT molecular complexity index is 1920. The third-order valence-corrected chi connectivity index (χ3v) is 8.23. The smallest absolute Gasteiger partial charge is 0.416 e. The maximum absolute atomic E-state index is 14.4. The van der Waals surface area contributed by atoms with Crippen LogP contribution in [-0.2, 0) is 17.4 Å². The van der Waals surface area contributed by atoms with E-state index in [4.69, 9.17) is 16.7 Å². The standard InChI is InChI=1S/C37H32ClF3N2O4/c1-2-4-27(19-23-7-9-25(10-8-23)36(47)42-18-17-34(44)45)35(46)33-22-28-20-30(38)15-16-32(28)43(33)31-6-3-5-26(21-31)24-11-13-29(14-12-24)37(39,40)41/h3,5-16,20-22,27H,2,4,17-19H2,1H3,(H,42,47)(H,44,45)/t27-/m0/s1. The van der Waals surface area contributed by atoms with Gasteiger partial charge in [-0.05, 0) is 90.2 Å². The number of alkyl halides is 3. The van der Waals surface area contributed by atoms with Crippen LogP contribution in [0.3, 0.4) is 0 Å². The lowest BCUT2D eigenvalue weighted by atomic mass is 9.89. The Morgan fingerprint density at radius 1 is 0.894 bits per heavy atom. The van der Waals surface area contributed by atoms with E-state index in [1.54, 1.807) is 42.5 Å². The van der Waals surface area contributed by atoms with E-state index >= 15 is 0 Å². The maximum atomic E-state index is 14.4. The molecule has 0 aliphatic heterocycles. The Morgan fingerprint density at radius 2 is 1.62 bits per heavy atom. The van der Waals surface area contributed by atoms with E-state index in [1.165, 1.54) is 12.1 Å². The molecule has 1 heterocycles. The highest BCUT2D eigenvalue weighted by molar-refractivity contribution is 6.31. The number of halogens is 4. The van der Waals surface area contributed by atoms with E-state index in [0.717, 1.165) is 35.0 Å². The Morgan fingerprint density at radius 3 is 2.28 bits per heavy atom. The van der Waals surface area contributed by atoms with Gasteiger partial charge in [0.1, 0.15) is 0 Å². The summed E-state index contributed by atoms with van der Waals surface area (Å²) in [5.74, 6) is -1.83. The number of Topliss-reactive ketones (excluding diaryl/α,β-unsaturated/α-hetero) is 1. The van der Waals surface area contributed by atoms with E-state index in [-0.39, 0.29) is 30.6 Å². The third-order valence-electron chi connectivity index (χ3n) is 8.00. The molecule has 5 aromatic rings. The Balaban J connectivity index is 1.47. The van der Waals surface area contributed by atoms with Crippen molar-refractivity contribution in [3.63, 3.8) is 0 Å². The normalized spacial score (nSPS) is 12.2. The summed E-state index contributed by atoms with van der Waals surface area (Å²) in [6.45, 7) is 2.03. The summed E-state index contributed by atoms with van der Waals surface area (Å²) in [5.41, 5.74) is 3.73. The van der Waals surface area contributed by atoms with E-state index < -0.39 is 17.7 Å². The number of benzene rings is 4. The van der Waals surface area contributed by atoms with Crippen molar-refractivity contribution >= 4 is 40.2 Å². The maximum Gasteiger partial charge on any atom is 0.416 e. The predicted molar refractivity (Wildman–Crippen MR) is 176 cm³/mol. The zero-order chi connectivity index (χ0) is 33.7. The van der Waals surface area contributed by atoms with E-state index in [0.29, 0.717) is 45.9 Å². The van der Waals surface area contributed by atoms with Crippen LogP contribution in [0.15, 0.2) is 97.1 Å². The second-order valence-electron chi connectivity index (χ2n) is 11.3. The zero-order valence-electron chi connectivity index (χ0n) is 25.5. The number of carboxylic acid groups (broad SMARTS) is 1. The van der Waals surface area contributed by atoms with Crippen molar-refractivity contribution in [3.8, 4) is 16.8 Å². The molecule has 1 aromatic heterocycles. The number of carbonyl (C=O) groups excluding carboxylic acids is 2. The van der Waals surface area contributed by atoms with Crippen LogP contribution in [0.2, 0.25) is 5.02 Å². The molecule has 6 nitrogen and oxygen atoms in total. The molecule has 0 aliphatic rings. The topological polar surface area (TPSA) is 88.4 Å². The molecule has 47 heavy (non-hydrogen) atoms. The minimum absolute atomic E-state index is 0.0233. The number of aliphatic carboxylic acids is 1. The zero-order valence-corrected chi connectivity index (χ0v) is 26.2. The number of amides is 1. The van der Waals surface area contributed by atoms with Crippen molar-refractivity contribution in [2.24, 2.45) is 5.92 Å². The van der Waals surface area contributed by atoms with Crippen LogP contribution in [0.5, 0.6) is 0 Å². The molecule has 1 atom stereocenters. The monoisotopic (exact) mass is 660 g/mol. The molecule has 242 valence electrons. The van der Waals surface area contributed by atoms with Crippen LogP contribution in [0.25, 0.3) is 27.7 Å². The molecule has 0 fully saturated rings. The number of fused-ring (bicyclic) bond motifs is 1. The SMILES string of the molecule is CCC[C@@H](Cc1ccc(C(=O)NCCC(=O)O)cc1)C(=O)c1cc2cc(Cl)ccc2n1-c1cccc(-c2ccc(C(F)(F)F)cc2)c1. The highest BCUT2D eigenvalue weighted by atomic mass is 35.5. The largest absolute Gasteiger partial charge is 0.481 e. The van der Waals surface area contributed by atoms with Crippen LogP contribution in [-0.4, -0.2) is 33.9 Å². The number of nitrogens with zero attached hydrogens (tertiary/aromatic N) is 1. The van der Waals surface area contributed by atoms with Crippen molar-refractivity contribution in [2.75, 3.05) is 6.54 Å². The van der Waals surface area contributed by atoms with Gasteiger partial charge in [0.05, 0.1) is 23.2 Å². The van der Waals surface area contributed by atoms with Gasteiger partial charge in [-0.2, -0.15) is 13.2 Å². The van der Waals surface area contributed by atoms with Gasteiger partial charge in [-0.15, -0.1) is 0 Å². The fraction of sp³-hybridized carbons (Fsp3) is 0.216. The molecule has 0 saturated carbocycles. The predicted octanol–water partition coefficient (Wildman–Crippen LogP) is 9.02. The lowest BCUT2D eigenvalue weighted by Gasteiger charge is -2.18. The van der Waals surface area contributed by atoms with Gasteiger partial charge in [-0.1, -0.05) is 61.3 Å². The fourth-order valence-electron chi connectivity index (χ4n) is 5.67. The first-order valence-corrected chi connectivity index (χ1v) is 15.5. The van der Waals surface area contributed by atoms with Crippen molar-refractivity contribution in [1.82, 2.24) is 9.88 Å². The summed E-state index contributed by atoms with van der Waals surface area (Å²) in [6, 6.07) is 26.4. The molecule has 10 heteroatoms. The molecule has 0 unspecified atom stereocenters. The van der Waals surface area contributed by atoms with Crippen LogP contribution in [0, 0.1) is 5.92 Å². The van der Waals surface area contributed by atoms with Gasteiger partial charge in [0.15, 0.2) is 5.78 Å². The lowest BCUT2D eigenvalue weighted by molar-refractivity contribution is -0.138. The van der Waals surface area contributed by atoms with E-state index in [9.17, 15) is 27.6 Å². The minimum Gasteiger partial charge on any atom is -0.481 e. The quantitative estimate of drug-likeness (QED) is 0.131. The summed E-state index contributed by atoms with van der Waals surface area (Å²) in [6.07, 6.45) is -2.80. The number of rotatable bonds is 12. The second-order valence-corrected chi connectivity index (χ2v) is 11.8. The number of carboxylic acids is 1. The summed E-state index contributed by atoms with van der Waals surface area (Å²) in [5, 5.41) is 12.7. The molecule has 2 N–H and O–H groups in total. The average molecular weight is 661 g/mol. The van der Waals surface area contributed by atoms with E-state index in [1.807, 2.05) is 41.8 Å². The Labute approximate surface area is 274 Å². The first-order chi connectivity index (χ1) is 22.4. The first-order valence-electron chi connectivity index (χ1n) is 15.2. The average Bonchev–Trinajstić information content (AvgIpc) is 3.42. The Kier molecular flexibility index (Phi) is 10.2. The summed E-state index contributed by atoms with van der Waals surface area (Å²) >= 11 is 6.32. The molecule has 0 bridgehead atoms. The van der Waals surface area contributed by atoms with E-state index in [2.05, 4.69) is 5.32 Å². The molecule has 0 spiro atoms. The second kappa shape index (κ2) is 14.3. The van der Waals surface area contributed by atoms with Gasteiger partial charge in [0.25, 0.3) is 5.91 Å². The van der Waals surface area contributed by atoms with Crippen molar-refractivity contribution in [2.45, 2.75) is 38.8 Å². The molecule has 0 saturated heterocycles. The Hall–Kier alpha value is -4.89. The molecular formula is C37H32ClF3N2O4. The molecule has 0 aliphatic carbocycles. The molecule has 4 aromatic carbocycles. The molecular weight excluding hydrogens is 629 g/mol. The van der Waals surface area contributed by atoms with Gasteiger partial charge in [-0.3, -0.25) is 14.4 Å². The first kappa shape index (κ1) is 33.5. The molecule has 5 rings (SSSR count). The molecule has 1 amide bonds. The van der Waals surface area contributed by atoms with Gasteiger partial charge in [0.2, 0.25) is 0 Å². The number of aromatic nitrogens is 1. The summed E-state index contributed by atoms with van der Waals surface area (Å²) in [4.78, 5) is 37.5. The number of hydrogen-bond donors (Lipinski definition) is 2. The van der Waals surface area contributed by atoms with Gasteiger partial charge in [0, 0.05) is 34.1 Å². The van der Waals surface area contributed by atoms with Crippen LogP contribution < -0.4 is 5.32 Å². The van der Waals surface area contributed by atoms with Gasteiger partial charge < -0.3 is 15.0 Å². The highest BCUT2D eigenvalue weighted by Gasteiger charge is 2.30. The van der Waals surface area contributed by atoms with Crippen molar-refractivity contribution in [1.29, 1.82) is 0 Å².